The van der Waals surface area contributed by atoms with Gasteiger partial charge in [0.05, 0.1) is 7.11 Å². The highest BCUT2D eigenvalue weighted by atomic mass is 16.7. The lowest BCUT2D eigenvalue weighted by Crippen LogP contribution is -2.34. The topological polar surface area (TPSA) is 57.2 Å². The van der Waals surface area contributed by atoms with Crippen LogP contribution in [0.5, 0.6) is 23.0 Å². The van der Waals surface area contributed by atoms with E-state index in [1.54, 1.807) is 13.2 Å². The highest BCUT2D eigenvalue weighted by Gasteiger charge is 2.37. The van der Waals surface area contributed by atoms with Gasteiger partial charge in [-0.2, -0.15) is 0 Å². The maximum Gasteiger partial charge on any atom is 0.231 e. The van der Waals surface area contributed by atoms with E-state index in [2.05, 4.69) is 0 Å². The largest absolute Gasteiger partial charge is 0.497 e. The Morgan fingerprint density at radius 1 is 1.04 bits per heavy atom. The summed E-state index contributed by atoms with van der Waals surface area (Å²) in [5.41, 5.74) is 2.10. The van der Waals surface area contributed by atoms with Gasteiger partial charge in [-0.3, -0.25) is 0 Å². The summed E-state index contributed by atoms with van der Waals surface area (Å²) in [7, 11) is 1.64. The maximum atomic E-state index is 10.3. The Balaban J connectivity index is 1.82. The lowest BCUT2D eigenvalue weighted by Gasteiger charge is -2.35. The minimum atomic E-state index is -0.866. The summed E-state index contributed by atoms with van der Waals surface area (Å²) in [6, 6.07) is 11.6. The fourth-order valence-corrected chi connectivity index (χ4v) is 3.26. The van der Waals surface area contributed by atoms with E-state index in [4.69, 9.17) is 18.9 Å². The van der Waals surface area contributed by atoms with E-state index < -0.39 is 6.29 Å². The third-order valence-corrected chi connectivity index (χ3v) is 4.54. The highest BCUT2D eigenvalue weighted by Crippen LogP contribution is 2.48. The lowest BCUT2D eigenvalue weighted by molar-refractivity contribution is -0.0729. The Labute approximate surface area is 134 Å². The zero-order chi connectivity index (χ0) is 16.0. The number of methoxy groups -OCH3 is 1. The predicted octanol–water partition coefficient (Wildman–Crippen LogP) is 2.90. The van der Waals surface area contributed by atoms with Gasteiger partial charge in [-0.25, -0.2) is 0 Å². The van der Waals surface area contributed by atoms with E-state index in [1.165, 1.54) is 0 Å². The Kier molecular flexibility index (Phi) is 3.31. The molecule has 0 radical (unpaired) electrons. The Morgan fingerprint density at radius 2 is 1.74 bits per heavy atom. The first kappa shape index (κ1) is 14.2. The number of hydrogen-bond acceptors (Lipinski definition) is 5. The minimum absolute atomic E-state index is 0.00848. The quantitative estimate of drug-likeness (QED) is 0.923. The molecule has 2 aliphatic rings. The number of aliphatic hydroxyl groups excluding tert-OH is 1. The molecule has 0 saturated heterocycles. The summed E-state index contributed by atoms with van der Waals surface area (Å²) in [4.78, 5) is 0. The number of fused-ring (bicyclic) bond motifs is 2. The molecule has 0 fully saturated rings. The molecule has 2 aromatic carbocycles. The van der Waals surface area contributed by atoms with Crippen LogP contribution in [0.4, 0.5) is 0 Å². The van der Waals surface area contributed by atoms with Crippen LogP contribution in [-0.2, 0) is 0 Å². The van der Waals surface area contributed by atoms with Gasteiger partial charge in [0.2, 0.25) is 13.1 Å². The number of aliphatic hydroxyl groups is 1. The SMILES string of the molecule is COc1ccc([C@@H]2c3cc4c(cc3O[C@H](O)[C@@H]2C)OCO4)cc1. The average molecular weight is 314 g/mol. The van der Waals surface area contributed by atoms with Crippen LogP contribution in [0.25, 0.3) is 0 Å². The molecule has 5 nitrogen and oxygen atoms in total. The zero-order valence-electron chi connectivity index (χ0n) is 13.0. The van der Waals surface area contributed by atoms with Gasteiger partial charge in [-0.05, 0) is 23.8 Å². The van der Waals surface area contributed by atoms with Crippen LogP contribution in [0, 0.1) is 5.92 Å². The van der Waals surface area contributed by atoms with E-state index in [1.807, 2.05) is 37.3 Å². The second-order valence-corrected chi connectivity index (χ2v) is 5.86. The third kappa shape index (κ3) is 2.28. The molecule has 2 aromatic rings. The third-order valence-electron chi connectivity index (χ3n) is 4.54. The van der Waals surface area contributed by atoms with E-state index >= 15 is 0 Å². The molecular weight excluding hydrogens is 296 g/mol. The van der Waals surface area contributed by atoms with Crippen LogP contribution in [0.2, 0.25) is 0 Å². The molecule has 0 saturated carbocycles. The van der Waals surface area contributed by atoms with E-state index in [0.29, 0.717) is 11.5 Å². The smallest absolute Gasteiger partial charge is 0.231 e. The fraction of sp³-hybridized carbons (Fsp3) is 0.333. The number of hydrogen-bond donors (Lipinski definition) is 1. The van der Waals surface area contributed by atoms with Crippen molar-refractivity contribution < 1.29 is 24.1 Å². The molecule has 0 bridgehead atoms. The molecule has 4 rings (SSSR count). The molecule has 0 aliphatic carbocycles. The van der Waals surface area contributed by atoms with Gasteiger partial charge in [-0.1, -0.05) is 19.1 Å². The van der Waals surface area contributed by atoms with Crippen molar-refractivity contribution in [3.8, 4) is 23.0 Å². The summed E-state index contributed by atoms with van der Waals surface area (Å²) in [6.07, 6.45) is -0.866. The lowest BCUT2D eigenvalue weighted by atomic mass is 9.79. The molecule has 120 valence electrons. The highest BCUT2D eigenvalue weighted by molar-refractivity contribution is 5.56. The van der Waals surface area contributed by atoms with Crippen LogP contribution in [0.3, 0.4) is 0 Å². The van der Waals surface area contributed by atoms with Gasteiger partial charge in [0.1, 0.15) is 11.5 Å². The second kappa shape index (κ2) is 5.35. The molecule has 0 aromatic heterocycles. The predicted molar refractivity (Wildman–Crippen MR) is 83.2 cm³/mol. The van der Waals surface area contributed by atoms with Crippen LogP contribution < -0.4 is 18.9 Å². The first-order valence-electron chi connectivity index (χ1n) is 7.59. The van der Waals surface area contributed by atoms with Gasteiger partial charge in [0.25, 0.3) is 0 Å². The standard InChI is InChI=1S/C18H18O5/c1-10-17(11-3-5-12(20-2)6-4-11)13-7-15-16(22-9-21-15)8-14(13)23-18(10)19/h3-8,10,17-19H,9H2,1-2H3/t10-,17-,18+/m1/s1. The Morgan fingerprint density at radius 3 is 2.43 bits per heavy atom. The molecule has 5 heteroatoms. The van der Waals surface area contributed by atoms with Gasteiger partial charge < -0.3 is 24.1 Å². The molecule has 3 atom stereocenters. The Hall–Kier alpha value is -2.40. The van der Waals surface area contributed by atoms with Crippen LogP contribution in [0.15, 0.2) is 36.4 Å². The molecule has 0 unspecified atom stereocenters. The molecule has 0 amide bonds. The summed E-state index contributed by atoms with van der Waals surface area (Å²) in [6.45, 7) is 2.19. The van der Waals surface area contributed by atoms with E-state index in [0.717, 1.165) is 22.6 Å². The first-order chi connectivity index (χ1) is 11.2. The monoisotopic (exact) mass is 314 g/mol. The van der Waals surface area contributed by atoms with Gasteiger partial charge in [0, 0.05) is 23.5 Å². The van der Waals surface area contributed by atoms with Crippen molar-refractivity contribution >= 4 is 0 Å². The van der Waals surface area contributed by atoms with Crippen molar-refractivity contribution in [2.45, 2.75) is 19.1 Å². The summed E-state index contributed by atoms with van der Waals surface area (Å²) < 4.78 is 21.8. The van der Waals surface area contributed by atoms with E-state index in [9.17, 15) is 5.11 Å². The summed E-state index contributed by atoms with van der Waals surface area (Å²) in [5, 5.41) is 10.3. The number of rotatable bonds is 2. The number of ether oxygens (including phenoxy) is 4. The normalized spacial score (nSPS) is 24.7. The molecule has 0 spiro atoms. The van der Waals surface area contributed by atoms with Crippen molar-refractivity contribution in [2.24, 2.45) is 5.92 Å². The van der Waals surface area contributed by atoms with Gasteiger partial charge in [0.15, 0.2) is 11.5 Å². The van der Waals surface area contributed by atoms with Crippen molar-refractivity contribution in [1.29, 1.82) is 0 Å². The second-order valence-electron chi connectivity index (χ2n) is 5.86. The van der Waals surface area contributed by atoms with E-state index in [-0.39, 0.29) is 18.6 Å². The van der Waals surface area contributed by atoms with Crippen molar-refractivity contribution in [3.63, 3.8) is 0 Å². The van der Waals surface area contributed by atoms with Gasteiger partial charge in [-0.15, -0.1) is 0 Å². The van der Waals surface area contributed by atoms with Crippen LogP contribution in [0.1, 0.15) is 24.0 Å². The van der Waals surface area contributed by atoms with Crippen molar-refractivity contribution in [3.05, 3.63) is 47.5 Å². The molecule has 2 aliphatic heterocycles. The number of benzene rings is 2. The van der Waals surface area contributed by atoms with Crippen LogP contribution in [-0.4, -0.2) is 25.3 Å². The summed E-state index contributed by atoms with van der Waals surface area (Å²) >= 11 is 0. The minimum Gasteiger partial charge on any atom is -0.497 e. The molecule has 2 heterocycles. The van der Waals surface area contributed by atoms with Crippen molar-refractivity contribution in [2.75, 3.05) is 13.9 Å². The maximum absolute atomic E-state index is 10.3. The first-order valence-corrected chi connectivity index (χ1v) is 7.59. The zero-order valence-corrected chi connectivity index (χ0v) is 13.0. The fourth-order valence-electron chi connectivity index (χ4n) is 3.26. The van der Waals surface area contributed by atoms with Crippen LogP contribution >= 0.6 is 0 Å². The van der Waals surface area contributed by atoms with Crippen molar-refractivity contribution in [1.82, 2.24) is 0 Å². The molecule has 23 heavy (non-hydrogen) atoms. The Bertz CT molecular complexity index is 725. The molecular formula is C18H18O5. The average Bonchev–Trinajstić information content (AvgIpc) is 3.02. The molecule has 1 N–H and O–H groups in total. The van der Waals surface area contributed by atoms with Gasteiger partial charge >= 0.3 is 0 Å². The summed E-state index contributed by atoms with van der Waals surface area (Å²) in [5.74, 6) is 2.74.